The van der Waals surface area contributed by atoms with E-state index in [0.717, 1.165) is 27.7 Å². The normalized spacial score (nSPS) is 10.7. The van der Waals surface area contributed by atoms with Crippen LogP contribution in [0.5, 0.6) is 17.2 Å². The number of nitrogens with zero attached hydrogens (tertiary/aromatic N) is 1. The number of pyridine rings is 1. The minimum atomic E-state index is -0.419. The molecule has 1 aromatic heterocycles. The van der Waals surface area contributed by atoms with Gasteiger partial charge in [-0.25, -0.2) is 9.78 Å². The number of rotatable bonds is 9. The van der Waals surface area contributed by atoms with Crippen LogP contribution in [-0.2, 0) is 18.0 Å². The van der Waals surface area contributed by atoms with Gasteiger partial charge in [-0.2, -0.15) is 0 Å². The molecule has 0 amide bonds. The highest BCUT2D eigenvalue weighted by Gasteiger charge is 2.19. The lowest BCUT2D eigenvalue weighted by Crippen LogP contribution is -2.10. The lowest BCUT2D eigenvalue weighted by molar-refractivity contribution is 0.0520. The predicted octanol–water partition coefficient (Wildman–Crippen LogP) is 5.89. The molecule has 0 unspecified atom stereocenters. The Morgan fingerprint density at radius 2 is 1.74 bits per heavy atom. The van der Waals surface area contributed by atoms with Crippen molar-refractivity contribution >= 4 is 16.9 Å². The number of carbonyl (C=O) groups excluding carboxylic acids is 1. The smallest absolute Gasteiger partial charge is 0.342 e. The zero-order chi connectivity index (χ0) is 23.9. The van der Waals surface area contributed by atoms with Crippen LogP contribution < -0.4 is 14.2 Å². The number of hydrogen-bond donors (Lipinski definition) is 0. The predicted molar refractivity (Wildman–Crippen MR) is 131 cm³/mol. The SMILES string of the molecule is CCOC(=O)c1c(C)cc(OC)cc1OCc1cccc(OCc2ccc3ccccc3n2)c1. The Labute approximate surface area is 199 Å². The third-order valence-electron chi connectivity index (χ3n) is 5.32. The average Bonchev–Trinajstić information content (AvgIpc) is 2.86. The molecule has 0 aliphatic heterocycles. The number of esters is 1. The van der Waals surface area contributed by atoms with Gasteiger partial charge in [0.05, 0.1) is 24.9 Å². The Morgan fingerprint density at radius 1 is 0.882 bits per heavy atom. The molecule has 0 atom stereocenters. The molecule has 0 aliphatic carbocycles. The van der Waals surface area contributed by atoms with Gasteiger partial charge in [0.25, 0.3) is 0 Å². The van der Waals surface area contributed by atoms with Crippen molar-refractivity contribution in [3.05, 3.63) is 95.2 Å². The van der Waals surface area contributed by atoms with Crippen molar-refractivity contribution in [2.24, 2.45) is 0 Å². The number of carbonyl (C=O) groups is 1. The summed E-state index contributed by atoms with van der Waals surface area (Å²) in [6.45, 7) is 4.50. The number of aryl methyl sites for hydroxylation is 1. The fourth-order valence-corrected chi connectivity index (χ4v) is 3.65. The van der Waals surface area contributed by atoms with Crippen LogP contribution in [0.3, 0.4) is 0 Å². The van der Waals surface area contributed by atoms with Crippen LogP contribution in [0.2, 0.25) is 0 Å². The van der Waals surface area contributed by atoms with E-state index < -0.39 is 5.97 Å². The fraction of sp³-hybridized carbons (Fsp3) is 0.214. The maximum absolute atomic E-state index is 12.5. The van der Waals surface area contributed by atoms with Crippen LogP contribution in [0.4, 0.5) is 0 Å². The third-order valence-corrected chi connectivity index (χ3v) is 5.32. The minimum absolute atomic E-state index is 0.254. The first-order valence-electron chi connectivity index (χ1n) is 11.1. The van der Waals surface area contributed by atoms with Gasteiger partial charge >= 0.3 is 5.97 Å². The minimum Gasteiger partial charge on any atom is -0.497 e. The average molecular weight is 458 g/mol. The molecule has 1 heterocycles. The summed E-state index contributed by atoms with van der Waals surface area (Å²) >= 11 is 0. The first kappa shape index (κ1) is 23.1. The standard InChI is InChI=1S/C28H27NO5/c1-4-32-28(30)27-19(2)14-24(31-3)16-26(27)34-17-20-8-7-10-23(15-20)33-18-22-13-12-21-9-5-6-11-25(21)29-22/h5-16H,4,17-18H2,1-3H3. The fourth-order valence-electron chi connectivity index (χ4n) is 3.65. The number of ether oxygens (including phenoxy) is 4. The van der Waals surface area contributed by atoms with Crippen molar-refractivity contribution in [1.29, 1.82) is 0 Å². The van der Waals surface area contributed by atoms with Crippen molar-refractivity contribution in [2.75, 3.05) is 13.7 Å². The van der Waals surface area contributed by atoms with Gasteiger partial charge < -0.3 is 18.9 Å². The van der Waals surface area contributed by atoms with E-state index in [1.165, 1.54) is 0 Å². The zero-order valence-electron chi connectivity index (χ0n) is 19.5. The molecule has 174 valence electrons. The van der Waals surface area contributed by atoms with E-state index >= 15 is 0 Å². The van der Waals surface area contributed by atoms with Crippen molar-refractivity contribution in [1.82, 2.24) is 4.98 Å². The summed E-state index contributed by atoms with van der Waals surface area (Å²) in [5, 5.41) is 1.10. The van der Waals surface area contributed by atoms with Crippen LogP contribution in [0, 0.1) is 6.92 Å². The summed E-state index contributed by atoms with van der Waals surface area (Å²) in [7, 11) is 1.58. The molecule has 0 spiro atoms. The Kier molecular flexibility index (Phi) is 7.28. The highest BCUT2D eigenvalue weighted by molar-refractivity contribution is 5.94. The Morgan fingerprint density at radius 3 is 2.56 bits per heavy atom. The third kappa shape index (κ3) is 5.46. The van der Waals surface area contributed by atoms with Crippen LogP contribution in [0.25, 0.3) is 10.9 Å². The van der Waals surface area contributed by atoms with Gasteiger partial charge in [0.2, 0.25) is 0 Å². The van der Waals surface area contributed by atoms with E-state index in [2.05, 4.69) is 4.98 Å². The Bertz CT molecular complexity index is 1300. The Hall–Kier alpha value is -4.06. The summed E-state index contributed by atoms with van der Waals surface area (Å²) in [5.41, 5.74) is 3.83. The highest BCUT2D eigenvalue weighted by Crippen LogP contribution is 2.30. The molecule has 0 saturated carbocycles. The molecule has 4 aromatic rings. The van der Waals surface area contributed by atoms with Crippen LogP contribution in [0.1, 0.15) is 34.1 Å². The van der Waals surface area contributed by atoms with Gasteiger partial charge in [-0.1, -0.05) is 36.4 Å². The summed E-state index contributed by atoms with van der Waals surface area (Å²) in [4.78, 5) is 17.1. The van der Waals surface area contributed by atoms with Crippen molar-refractivity contribution < 1.29 is 23.7 Å². The van der Waals surface area contributed by atoms with E-state index in [0.29, 0.717) is 29.4 Å². The molecule has 0 aliphatic rings. The number of benzene rings is 3. The molecule has 4 rings (SSSR count). The quantitative estimate of drug-likeness (QED) is 0.292. The maximum atomic E-state index is 12.5. The summed E-state index contributed by atoms with van der Waals surface area (Å²) in [6, 6.07) is 23.1. The van der Waals surface area contributed by atoms with Gasteiger partial charge in [-0.05, 0) is 55.3 Å². The number of para-hydroxylation sites is 1. The summed E-state index contributed by atoms with van der Waals surface area (Å²) < 4.78 is 22.6. The van der Waals surface area contributed by atoms with E-state index in [4.69, 9.17) is 18.9 Å². The molecule has 0 radical (unpaired) electrons. The van der Waals surface area contributed by atoms with Gasteiger partial charge in [-0.3, -0.25) is 0 Å². The summed E-state index contributed by atoms with van der Waals surface area (Å²) in [6.07, 6.45) is 0. The molecule has 0 N–H and O–H groups in total. The van der Waals surface area contributed by atoms with E-state index in [1.807, 2.05) is 67.6 Å². The van der Waals surface area contributed by atoms with E-state index in [9.17, 15) is 4.79 Å². The van der Waals surface area contributed by atoms with Gasteiger partial charge in [0.15, 0.2) is 0 Å². The molecule has 0 fully saturated rings. The van der Waals surface area contributed by atoms with E-state index in [1.54, 1.807) is 26.2 Å². The maximum Gasteiger partial charge on any atom is 0.342 e. The molecular weight excluding hydrogens is 430 g/mol. The highest BCUT2D eigenvalue weighted by atomic mass is 16.5. The molecular formula is C28H27NO5. The topological polar surface area (TPSA) is 66.9 Å². The van der Waals surface area contributed by atoms with E-state index in [-0.39, 0.29) is 13.2 Å². The Balaban J connectivity index is 1.46. The zero-order valence-corrected chi connectivity index (χ0v) is 19.5. The van der Waals surface area contributed by atoms with Crippen LogP contribution in [-0.4, -0.2) is 24.7 Å². The second kappa shape index (κ2) is 10.7. The van der Waals surface area contributed by atoms with Crippen LogP contribution >= 0.6 is 0 Å². The first-order chi connectivity index (χ1) is 16.6. The monoisotopic (exact) mass is 457 g/mol. The van der Waals surface area contributed by atoms with Gasteiger partial charge in [0, 0.05) is 11.5 Å². The number of fused-ring (bicyclic) bond motifs is 1. The van der Waals surface area contributed by atoms with Gasteiger partial charge in [-0.15, -0.1) is 0 Å². The van der Waals surface area contributed by atoms with Gasteiger partial charge in [0.1, 0.15) is 36.0 Å². The molecule has 6 nitrogen and oxygen atoms in total. The molecule has 34 heavy (non-hydrogen) atoms. The second-order valence-electron chi connectivity index (χ2n) is 7.76. The van der Waals surface area contributed by atoms with Crippen molar-refractivity contribution in [2.45, 2.75) is 27.1 Å². The lowest BCUT2D eigenvalue weighted by Gasteiger charge is -2.15. The lowest BCUT2D eigenvalue weighted by atomic mass is 10.1. The molecule has 3 aromatic carbocycles. The second-order valence-corrected chi connectivity index (χ2v) is 7.76. The van der Waals surface area contributed by atoms with Crippen molar-refractivity contribution in [3.8, 4) is 17.2 Å². The first-order valence-corrected chi connectivity index (χ1v) is 11.1. The molecule has 0 saturated heterocycles. The number of aromatic nitrogens is 1. The number of methoxy groups -OCH3 is 1. The largest absolute Gasteiger partial charge is 0.497 e. The van der Waals surface area contributed by atoms with Crippen molar-refractivity contribution in [3.63, 3.8) is 0 Å². The summed E-state index contributed by atoms with van der Waals surface area (Å²) in [5.74, 6) is 1.32. The molecule has 6 heteroatoms. The number of hydrogen-bond acceptors (Lipinski definition) is 6. The van der Waals surface area contributed by atoms with Crippen LogP contribution in [0.15, 0.2) is 72.8 Å². The molecule has 0 bridgehead atoms.